The van der Waals surface area contributed by atoms with Crippen LogP contribution in [0.5, 0.6) is 11.5 Å². The molecule has 1 aromatic heterocycles. The largest absolute Gasteiger partial charge is 1.00 e. The Morgan fingerprint density at radius 1 is 1.38 bits per heavy atom. The maximum atomic E-state index is 10.5. The van der Waals surface area contributed by atoms with Gasteiger partial charge in [0.15, 0.2) is 11.5 Å². The van der Waals surface area contributed by atoms with Crippen LogP contribution in [0.15, 0.2) is 10.8 Å². The molecule has 0 bridgehead atoms. The number of hydrogen-bond acceptors (Lipinski definition) is 7. The molecule has 0 saturated heterocycles. The smallest absolute Gasteiger partial charge is 0.748 e. The Bertz CT molecular complexity index is 534. The standard InChI is InChI=1S/C12H19NO5S2.K/c1-13(4-2-3-5-20(14,15)16)6-10-7-17-11-8-19-9-12(11)18-10;/h8-10H,2-7H2,1H3,(H,14,15,16);/q;+1/p-1. The second-order valence-electron chi connectivity index (χ2n) is 4.88. The molecule has 0 amide bonds. The third-order valence-corrected chi connectivity index (χ3v) is 4.50. The van der Waals surface area contributed by atoms with Crippen LogP contribution in [-0.2, 0) is 10.1 Å². The zero-order valence-corrected chi connectivity index (χ0v) is 17.0. The first-order valence-electron chi connectivity index (χ1n) is 6.42. The minimum atomic E-state index is -4.09. The van der Waals surface area contributed by atoms with Gasteiger partial charge in [-0.15, -0.1) is 11.3 Å². The molecule has 6 nitrogen and oxygen atoms in total. The summed E-state index contributed by atoms with van der Waals surface area (Å²) in [5, 5.41) is 3.83. The van der Waals surface area contributed by atoms with E-state index in [0.29, 0.717) is 26.0 Å². The molecule has 114 valence electrons. The van der Waals surface area contributed by atoms with Gasteiger partial charge in [0.1, 0.15) is 12.7 Å². The van der Waals surface area contributed by atoms with Gasteiger partial charge < -0.3 is 18.9 Å². The van der Waals surface area contributed by atoms with Gasteiger partial charge in [-0.3, -0.25) is 0 Å². The van der Waals surface area contributed by atoms with E-state index in [4.69, 9.17) is 9.47 Å². The molecular weight excluding hydrogens is 341 g/mol. The fourth-order valence-electron chi connectivity index (χ4n) is 2.05. The predicted octanol–water partition coefficient (Wildman–Crippen LogP) is -1.85. The summed E-state index contributed by atoms with van der Waals surface area (Å²) in [4.78, 5) is 2.06. The SMILES string of the molecule is CN(CCCCS(=O)(=O)[O-])CC1COc2cscc2O1.[K+]. The Hall–Kier alpha value is 0.806. The van der Waals surface area contributed by atoms with Crippen LogP contribution < -0.4 is 60.9 Å². The first-order valence-corrected chi connectivity index (χ1v) is 8.94. The normalized spacial score (nSPS) is 17.6. The van der Waals surface area contributed by atoms with Crippen LogP contribution in [0, 0.1) is 0 Å². The molecular formula is C12H18KNO5S2. The first-order chi connectivity index (χ1) is 9.44. The van der Waals surface area contributed by atoms with Crippen LogP contribution >= 0.6 is 11.3 Å². The van der Waals surface area contributed by atoms with E-state index < -0.39 is 10.1 Å². The van der Waals surface area contributed by atoms with E-state index in [1.807, 2.05) is 17.8 Å². The van der Waals surface area contributed by atoms with Gasteiger partial charge in [0.25, 0.3) is 0 Å². The summed E-state index contributed by atoms with van der Waals surface area (Å²) in [6.45, 7) is 1.95. The monoisotopic (exact) mass is 359 g/mol. The molecule has 0 radical (unpaired) electrons. The van der Waals surface area contributed by atoms with Gasteiger partial charge in [0, 0.05) is 23.1 Å². The zero-order chi connectivity index (χ0) is 14.6. The van der Waals surface area contributed by atoms with Crippen molar-refractivity contribution in [3.8, 4) is 11.5 Å². The number of ether oxygens (including phenoxy) is 2. The fourth-order valence-corrected chi connectivity index (χ4v) is 3.28. The van der Waals surface area contributed by atoms with E-state index in [-0.39, 0.29) is 63.2 Å². The molecule has 2 rings (SSSR count). The third kappa shape index (κ3) is 7.27. The Morgan fingerprint density at radius 3 is 2.81 bits per heavy atom. The Labute approximate surface area is 172 Å². The van der Waals surface area contributed by atoms with Crippen molar-refractivity contribution in [1.82, 2.24) is 4.90 Å². The molecule has 0 aromatic carbocycles. The molecule has 0 spiro atoms. The molecule has 0 saturated carbocycles. The van der Waals surface area contributed by atoms with Crippen molar-refractivity contribution in [2.45, 2.75) is 18.9 Å². The quantitative estimate of drug-likeness (QED) is 0.323. The predicted molar refractivity (Wildman–Crippen MR) is 75.5 cm³/mol. The summed E-state index contributed by atoms with van der Waals surface area (Å²) < 4.78 is 42.8. The van der Waals surface area contributed by atoms with E-state index in [1.165, 1.54) is 0 Å². The molecule has 1 unspecified atom stereocenters. The van der Waals surface area contributed by atoms with Crippen molar-refractivity contribution in [1.29, 1.82) is 0 Å². The number of nitrogens with zero attached hydrogens (tertiary/aromatic N) is 1. The van der Waals surface area contributed by atoms with Crippen molar-refractivity contribution < 1.29 is 73.8 Å². The van der Waals surface area contributed by atoms with Crippen LogP contribution in [-0.4, -0.2) is 56.5 Å². The van der Waals surface area contributed by atoms with Crippen molar-refractivity contribution in [2.75, 3.05) is 32.5 Å². The summed E-state index contributed by atoms with van der Waals surface area (Å²) in [5.41, 5.74) is 0. The molecule has 1 aromatic rings. The fraction of sp³-hybridized carbons (Fsp3) is 0.667. The van der Waals surface area contributed by atoms with Gasteiger partial charge in [0.2, 0.25) is 0 Å². The van der Waals surface area contributed by atoms with Crippen LogP contribution in [0.2, 0.25) is 0 Å². The Kier molecular flexibility index (Phi) is 8.69. The molecule has 9 heteroatoms. The minimum absolute atomic E-state index is 0. The van der Waals surface area contributed by atoms with Crippen LogP contribution in [0.4, 0.5) is 0 Å². The van der Waals surface area contributed by atoms with Crippen LogP contribution in [0.25, 0.3) is 0 Å². The minimum Gasteiger partial charge on any atom is -0.748 e. The van der Waals surface area contributed by atoms with Gasteiger partial charge >= 0.3 is 51.4 Å². The number of unbranched alkanes of at least 4 members (excludes halogenated alkanes) is 1. The number of likely N-dealkylation sites (N-methyl/N-ethyl adjacent to an activating group) is 1. The Morgan fingerprint density at radius 2 is 2.10 bits per heavy atom. The van der Waals surface area contributed by atoms with E-state index in [1.54, 1.807) is 11.3 Å². The van der Waals surface area contributed by atoms with Gasteiger partial charge in [-0.2, -0.15) is 0 Å². The average molecular weight is 360 g/mol. The molecule has 0 N–H and O–H groups in total. The summed E-state index contributed by atoms with van der Waals surface area (Å²) in [6.07, 6.45) is 1.05. The van der Waals surface area contributed by atoms with E-state index >= 15 is 0 Å². The topological polar surface area (TPSA) is 78.9 Å². The molecule has 1 aliphatic rings. The summed E-state index contributed by atoms with van der Waals surface area (Å²) in [5.74, 6) is 1.30. The molecule has 1 aliphatic heterocycles. The van der Waals surface area contributed by atoms with Crippen LogP contribution in [0.3, 0.4) is 0 Å². The number of rotatable bonds is 7. The van der Waals surface area contributed by atoms with Gasteiger partial charge in [-0.1, -0.05) is 0 Å². The number of hydrogen-bond donors (Lipinski definition) is 0. The van der Waals surface area contributed by atoms with Crippen molar-refractivity contribution in [3.63, 3.8) is 0 Å². The van der Waals surface area contributed by atoms with E-state index in [0.717, 1.165) is 18.0 Å². The summed E-state index contributed by atoms with van der Waals surface area (Å²) in [6, 6.07) is 0. The zero-order valence-electron chi connectivity index (χ0n) is 12.3. The first kappa shape index (κ1) is 19.9. The van der Waals surface area contributed by atoms with E-state index in [2.05, 4.69) is 4.90 Å². The number of fused-ring (bicyclic) bond motifs is 1. The van der Waals surface area contributed by atoms with Crippen molar-refractivity contribution in [3.05, 3.63) is 10.8 Å². The maximum absolute atomic E-state index is 10.5. The molecule has 0 aliphatic carbocycles. The van der Waals surface area contributed by atoms with E-state index in [9.17, 15) is 13.0 Å². The van der Waals surface area contributed by atoms with Gasteiger partial charge in [-0.05, 0) is 26.4 Å². The molecule has 2 heterocycles. The summed E-state index contributed by atoms with van der Waals surface area (Å²) >= 11 is 1.55. The number of thiophene rings is 1. The van der Waals surface area contributed by atoms with Gasteiger partial charge in [0.05, 0.1) is 10.1 Å². The van der Waals surface area contributed by atoms with Crippen molar-refractivity contribution in [2.24, 2.45) is 0 Å². The molecule has 0 fully saturated rings. The van der Waals surface area contributed by atoms with Crippen molar-refractivity contribution >= 4 is 21.5 Å². The molecule has 21 heavy (non-hydrogen) atoms. The molecule has 1 atom stereocenters. The van der Waals surface area contributed by atoms with Crippen LogP contribution in [0.1, 0.15) is 12.8 Å². The summed E-state index contributed by atoms with van der Waals surface area (Å²) in [7, 11) is -2.15. The van der Waals surface area contributed by atoms with Gasteiger partial charge in [-0.25, -0.2) is 8.42 Å². The second-order valence-corrected chi connectivity index (χ2v) is 7.15. The third-order valence-electron chi connectivity index (χ3n) is 3.01. The average Bonchev–Trinajstić information content (AvgIpc) is 2.81. The maximum Gasteiger partial charge on any atom is 1.00 e. The Balaban J connectivity index is 0.00000220. The second kappa shape index (κ2) is 9.19.